The molecule has 1 fully saturated rings. The molecule has 0 bridgehead atoms. The molecule has 0 aromatic carbocycles. The molecule has 1 aliphatic heterocycles. The number of amides is 1. The fourth-order valence-corrected chi connectivity index (χ4v) is 2.90. The predicted molar refractivity (Wildman–Crippen MR) is 73.7 cm³/mol. The maximum Gasteiger partial charge on any atom is 0.294 e. The Morgan fingerprint density at radius 3 is 3.21 bits per heavy atom. The van der Waals surface area contributed by atoms with Crippen LogP contribution in [-0.2, 0) is 11.3 Å². The van der Waals surface area contributed by atoms with E-state index >= 15 is 0 Å². The maximum absolute atomic E-state index is 11.3. The minimum Gasteiger partial charge on any atom is -0.377 e. The summed E-state index contributed by atoms with van der Waals surface area (Å²) in [7, 11) is 2.04. The Kier molecular flexibility index (Phi) is 5.26. The Hall–Kier alpha value is -1.02. The lowest BCUT2D eigenvalue weighted by atomic mass is 10.1. The van der Waals surface area contributed by atoms with Gasteiger partial charge in [-0.25, -0.2) is 10.8 Å². The van der Waals surface area contributed by atoms with Crippen molar-refractivity contribution in [1.29, 1.82) is 0 Å². The van der Waals surface area contributed by atoms with Crippen LogP contribution in [0.25, 0.3) is 0 Å². The van der Waals surface area contributed by atoms with Gasteiger partial charge in [-0.15, -0.1) is 11.3 Å². The molecule has 0 radical (unpaired) electrons. The van der Waals surface area contributed by atoms with Crippen molar-refractivity contribution in [1.82, 2.24) is 15.3 Å². The summed E-state index contributed by atoms with van der Waals surface area (Å²) >= 11 is 1.31. The van der Waals surface area contributed by atoms with Crippen molar-refractivity contribution in [2.24, 2.45) is 5.84 Å². The number of carbonyl (C=O) groups excluding carboxylic acids is 1. The molecular weight excluding hydrogens is 264 g/mol. The van der Waals surface area contributed by atoms with Gasteiger partial charge in [0.15, 0.2) is 5.01 Å². The standard InChI is InChI=1S/C12H20N4O2S/c1-16(7-10-4-2-3-5-18-10)6-9-8-19-12(14-9)11(17)15-13/h8,10H,2-7,13H2,1H3,(H,15,17). The zero-order chi connectivity index (χ0) is 13.7. The highest BCUT2D eigenvalue weighted by atomic mass is 32.1. The summed E-state index contributed by atoms with van der Waals surface area (Å²) in [6.07, 6.45) is 3.87. The number of nitrogen functional groups attached to an aromatic ring is 1. The number of hydrazine groups is 1. The van der Waals surface area contributed by atoms with Crippen molar-refractivity contribution in [3.8, 4) is 0 Å². The Balaban J connectivity index is 1.82. The van der Waals surface area contributed by atoms with Crippen molar-refractivity contribution in [2.45, 2.75) is 31.9 Å². The van der Waals surface area contributed by atoms with E-state index in [1.54, 1.807) is 0 Å². The van der Waals surface area contributed by atoms with Crippen LogP contribution in [0.2, 0.25) is 0 Å². The monoisotopic (exact) mass is 284 g/mol. The van der Waals surface area contributed by atoms with E-state index in [0.717, 1.165) is 25.3 Å². The van der Waals surface area contributed by atoms with Gasteiger partial charge in [0, 0.05) is 25.1 Å². The highest BCUT2D eigenvalue weighted by Gasteiger charge is 2.17. The largest absolute Gasteiger partial charge is 0.377 e. The zero-order valence-electron chi connectivity index (χ0n) is 11.1. The molecule has 0 spiro atoms. The lowest BCUT2D eigenvalue weighted by Crippen LogP contribution is -2.33. The van der Waals surface area contributed by atoms with Crippen LogP contribution in [0.5, 0.6) is 0 Å². The number of nitrogens with one attached hydrogen (secondary N) is 1. The minimum atomic E-state index is -0.338. The quantitative estimate of drug-likeness (QED) is 0.474. The first-order chi connectivity index (χ1) is 9.19. The van der Waals surface area contributed by atoms with E-state index in [2.05, 4.69) is 15.3 Å². The Morgan fingerprint density at radius 1 is 1.68 bits per heavy atom. The lowest BCUT2D eigenvalue weighted by molar-refractivity contribution is -0.00273. The molecule has 7 heteroatoms. The molecule has 1 saturated heterocycles. The van der Waals surface area contributed by atoms with Crippen molar-refractivity contribution < 1.29 is 9.53 Å². The number of carbonyl (C=O) groups is 1. The van der Waals surface area contributed by atoms with Crippen LogP contribution in [0, 0.1) is 0 Å². The molecule has 2 rings (SSSR count). The highest BCUT2D eigenvalue weighted by Crippen LogP contribution is 2.15. The summed E-state index contributed by atoms with van der Waals surface area (Å²) in [6, 6.07) is 0. The van der Waals surface area contributed by atoms with Crippen LogP contribution in [-0.4, -0.2) is 42.1 Å². The van der Waals surface area contributed by atoms with Gasteiger partial charge in [0.1, 0.15) is 0 Å². The molecule has 19 heavy (non-hydrogen) atoms. The van der Waals surface area contributed by atoms with E-state index in [4.69, 9.17) is 10.6 Å². The number of nitrogens with two attached hydrogens (primary N) is 1. The molecule has 3 N–H and O–H groups in total. The van der Waals surface area contributed by atoms with E-state index < -0.39 is 0 Å². The van der Waals surface area contributed by atoms with Crippen molar-refractivity contribution >= 4 is 17.2 Å². The third-order valence-corrected chi connectivity index (χ3v) is 3.99. The molecule has 106 valence electrons. The highest BCUT2D eigenvalue weighted by molar-refractivity contribution is 7.11. The molecule has 0 saturated carbocycles. The molecule has 1 amide bonds. The number of aromatic nitrogens is 1. The molecule has 1 aliphatic rings. The van der Waals surface area contributed by atoms with Gasteiger partial charge in [0.25, 0.3) is 5.91 Å². The van der Waals surface area contributed by atoms with Crippen LogP contribution < -0.4 is 11.3 Å². The van der Waals surface area contributed by atoms with Crippen LogP contribution >= 0.6 is 11.3 Å². The van der Waals surface area contributed by atoms with E-state index in [-0.39, 0.29) is 5.91 Å². The summed E-state index contributed by atoms with van der Waals surface area (Å²) < 4.78 is 5.71. The number of ether oxygens (including phenoxy) is 1. The van der Waals surface area contributed by atoms with Gasteiger partial charge in [0.05, 0.1) is 11.8 Å². The first-order valence-electron chi connectivity index (χ1n) is 6.44. The van der Waals surface area contributed by atoms with E-state index in [1.807, 2.05) is 12.4 Å². The fraction of sp³-hybridized carbons (Fsp3) is 0.667. The van der Waals surface area contributed by atoms with Crippen LogP contribution in [0.3, 0.4) is 0 Å². The summed E-state index contributed by atoms with van der Waals surface area (Å²) in [4.78, 5) is 17.7. The van der Waals surface area contributed by atoms with Gasteiger partial charge in [-0.3, -0.25) is 15.1 Å². The van der Waals surface area contributed by atoms with Crippen molar-refractivity contribution in [3.63, 3.8) is 0 Å². The molecule has 1 aromatic rings. The summed E-state index contributed by atoms with van der Waals surface area (Å²) in [6.45, 7) is 2.49. The second kappa shape index (κ2) is 6.95. The predicted octanol–water partition coefficient (Wildman–Crippen LogP) is 0.747. The maximum atomic E-state index is 11.3. The topological polar surface area (TPSA) is 80.5 Å². The molecular formula is C12H20N4O2S. The van der Waals surface area contributed by atoms with E-state index in [0.29, 0.717) is 17.7 Å². The third-order valence-electron chi connectivity index (χ3n) is 3.10. The van der Waals surface area contributed by atoms with Gasteiger partial charge in [-0.05, 0) is 26.3 Å². The summed E-state index contributed by atoms with van der Waals surface area (Å²) in [5.74, 6) is 4.74. The Bertz CT molecular complexity index is 418. The van der Waals surface area contributed by atoms with Gasteiger partial charge < -0.3 is 4.74 Å². The molecule has 0 aliphatic carbocycles. The van der Waals surface area contributed by atoms with Gasteiger partial charge in [-0.2, -0.15) is 0 Å². The SMILES string of the molecule is CN(Cc1csc(C(=O)NN)n1)CC1CCCCO1. The summed E-state index contributed by atoms with van der Waals surface area (Å²) in [5.41, 5.74) is 2.98. The van der Waals surface area contributed by atoms with Crippen LogP contribution in [0.15, 0.2) is 5.38 Å². The number of thiazole rings is 1. The number of hydrogen-bond donors (Lipinski definition) is 2. The van der Waals surface area contributed by atoms with Gasteiger partial charge in [-0.1, -0.05) is 0 Å². The molecule has 6 nitrogen and oxygen atoms in total. The molecule has 1 atom stereocenters. The van der Waals surface area contributed by atoms with Gasteiger partial charge >= 0.3 is 0 Å². The second-order valence-corrected chi connectivity index (χ2v) is 5.66. The van der Waals surface area contributed by atoms with Crippen molar-refractivity contribution in [2.75, 3.05) is 20.2 Å². The van der Waals surface area contributed by atoms with E-state index in [9.17, 15) is 4.79 Å². The second-order valence-electron chi connectivity index (χ2n) is 4.80. The Labute approximate surface area is 116 Å². The van der Waals surface area contributed by atoms with Crippen molar-refractivity contribution in [3.05, 3.63) is 16.1 Å². The smallest absolute Gasteiger partial charge is 0.294 e. The van der Waals surface area contributed by atoms with Crippen LogP contribution in [0.1, 0.15) is 34.8 Å². The average molecular weight is 284 g/mol. The average Bonchev–Trinajstić information content (AvgIpc) is 2.87. The Morgan fingerprint density at radius 2 is 2.53 bits per heavy atom. The normalized spacial score (nSPS) is 19.6. The fourth-order valence-electron chi connectivity index (χ4n) is 2.19. The first kappa shape index (κ1) is 14.4. The van der Waals surface area contributed by atoms with Gasteiger partial charge in [0.2, 0.25) is 0 Å². The molecule has 1 unspecified atom stereocenters. The number of rotatable bonds is 5. The van der Waals surface area contributed by atoms with Crippen LogP contribution in [0.4, 0.5) is 0 Å². The number of hydrogen-bond acceptors (Lipinski definition) is 6. The number of likely N-dealkylation sites (N-methyl/N-ethyl adjacent to an activating group) is 1. The van der Waals surface area contributed by atoms with E-state index in [1.165, 1.54) is 24.2 Å². The zero-order valence-corrected chi connectivity index (χ0v) is 11.9. The number of nitrogens with zero attached hydrogens (tertiary/aromatic N) is 2. The third kappa shape index (κ3) is 4.24. The lowest BCUT2D eigenvalue weighted by Gasteiger charge is -2.26. The first-order valence-corrected chi connectivity index (χ1v) is 7.32. The molecule has 2 heterocycles. The summed E-state index contributed by atoms with van der Waals surface area (Å²) in [5, 5.41) is 2.29. The molecule has 1 aromatic heterocycles. The minimum absolute atomic E-state index is 0.323.